The van der Waals surface area contributed by atoms with Crippen molar-refractivity contribution in [2.75, 3.05) is 6.54 Å². The summed E-state index contributed by atoms with van der Waals surface area (Å²) in [4.78, 5) is 5.32. The van der Waals surface area contributed by atoms with E-state index < -0.39 is 0 Å². The van der Waals surface area contributed by atoms with Gasteiger partial charge in [-0.3, -0.25) is 0 Å². The lowest BCUT2D eigenvalue weighted by Crippen LogP contribution is -1.93. The van der Waals surface area contributed by atoms with Crippen molar-refractivity contribution in [3.63, 3.8) is 0 Å². The Kier molecular flexibility index (Phi) is 6.07. The zero-order valence-corrected chi connectivity index (χ0v) is 8.24. The van der Waals surface area contributed by atoms with Crippen molar-refractivity contribution in [2.45, 2.75) is 27.2 Å². The van der Waals surface area contributed by atoms with Crippen LogP contribution in [0.5, 0.6) is 0 Å². The number of nitrogens with zero attached hydrogens (tertiary/aromatic N) is 1. The quantitative estimate of drug-likeness (QED) is 0.704. The second-order valence-corrected chi connectivity index (χ2v) is 3.72. The van der Waals surface area contributed by atoms with Crippen LogP contribution in [0.1, 0.15) is 23.2 Å². The maximum Gasteiger partial charge on any atom is 0.0896 e. The van der Waals surface area contributed by atoms with E-state index in [1.165, 1.54) is 4.88 Å². The van der Waals surface area contributed by atoms with Crippen molar-refractivity contribution in [3.8, 4) is 0 Å². The van der Waals surface area contributed by atoms with Crippen molar-refractivity contribution in [3.05, 3.63) is 16.1 Å². The number of hydrogen-bond acceptors (Lipinski definition) is 3. The molecule has 2 nitrogen and oxygen atoms in total. The first-order valence-electron chi connectivity index (χ1n) is 3.79. The van der Waals surface area contributed by atoms with E-state index in [4.69, 9.17) is 5.73 Å². The van der Waals surface area contributed by atoms with E-state index in [-0.39, 0.29) is 0 Å². The normalized spacial score (nSPS) is 8.73. The van der Waals surface area contributed by atoms with Crippen LogP contribution < -0.4 is 5.73 Å². The van der Waals surface area contributed by atoms with Crippen LogP contribution >= 0.6 is 11.3 Å². The Bertz CT molecular complexity index is 165. The molecule has 0 aromatic carbocycles. The van der Waals surface area contributed by atoms with Crippen molar-refractivity contribution >= 4 is 11.3 Å². The average molecular weight is 172 g/mol. The summed E-state index contributed by atoms with van der Waals surface area (Å²) in [5.74, 6) is 0. The van der Waals surface area contributed by atoms with Crippen LogP contribution in [0.25, 0.3) is 0 Å². The van der Waals surface area contributed by atoms with Gasteiger partial charge in [-0.2, -0.15) is 0 Å². The van der Waals surface area contributed by atoms with Crippen molar-refractivity contribution in [1.29, 1.82) is 0 Å². The van der Waals surface area contributed by atoms with E-state index >= 15 is 0 Å². The summed E-state index contributed by atoms with van der Waals surface area (Å²) in [6.45, 7) is 6.95. The third kappa shape index (κ3) is 6.01. The first-order chi connectivity index (χ1) is 5.20. The Morgan fingerprint density at radius 3 is 2.18 bits per heavy atom. The smallest absolute Gasteiger partial charge is 0.0896 e. The van der Waals surface area contributed by atoms with Crippen LogP contribution in [0.15, 0.2) is 6.20 Å². The van der Waals surface area contributed by atoms with Gasteiger partial charge in [0.05, 0.1) is 5.01 Å². The molecule has 0 aliphatic rings. The number of aryl methyl sites for hydroxylation is 2. The number of hydrogen-bond donors (Lipinski definition) is 1. The zero-order chi connectivity index (χ0) is 8.69. The number of rotatable bonds is 1. The maximum absolute atomic E-state index is 5.03. The second-order valence-electron chi connectivity index (χ2n) is 2.28. The Labute approximate surface area is 72.5 Å². The fourth-order valence-electron chi connectivity index (χ4n) is 0.467. The molecular weight excluding hydrogens is 156 g/mol. The predicted octanol–water partition coefficient (Wildman–Crippen LogP) is 2.12. The SMILES string of the molecule is CCCN.Cc1cnc(C)s1. The molecule has 0 spiro atoms. The third-order valence-corrected chi connectivity index (χ3v) is 1.85. The lowest BCUT2D eigenvalue weighted by atomic mass is 10.5. The molecule has 11 heavy (non-hydrogen) atoms. The van der Waals surface area contributed by atoms with Crippen LogP contribution in [0.3, 0.4) is 0 Å². The highest BCUT2D eigenvalue weighted by Crippen LogP contribution is 2.07. The molecule has 0 aliphatic carbocycles. The minimum Gasteiger partial charge on any atom is -0.330 e. The molecule has 1 heterocycles. The molecule has 64 valence electrons. The summed E-state index contributed by atoms with van der Waals surface area (Å²) in [7, 11) is 0. The number of aromatic nitrogens is 1. The summed E-state index contributed by atoms with van der Waals surface area (Å²) >= 11 is 1.73. The number of nitrogens with two attached hydrogens (primary N) is 1. The molecule has 0 atom stereocenters. The van der Waals surface area contributed by atoms with Crippen molar-refractivity contribution in [1.82, 2.24) is 4.98 Å². The van der Waals surface area contributed by atoms with Gasteiger partial charge >= 0.3 is 0 Å². The monoisotopic (exact) mass is 172 g/mol. The van der Waals surface area contributed by atoms with E-state index in [0.29, 0.717) is 0 Å². The molecule has 3 heteroatoms. The van der Waals surface area contributed by atoms with Gasteiger partial charge < -0.3 is 5.73 Å². The topological polar surface area (TPSA) is 38.9 Å². The van der Waals surface area contributed by atoms with Gasteiger partial charge in [-0.25, -0.2) is 4.98 Å². The van der Waals surface area contributed by atoms with Crippen molar-refractivity contribution in [2.24, 2.45) is 5.73 Å². The average Bonchev–Trinajstić information content (AvgIpc) is 2.35. The summed E-state index contributed by atoms with van der Waals surface area (Å²) in [5, 5.41) is 1.15. The lowest BCUT2D eigenvalue weighted by Gasteiger charge is -1.70. The summed E-state index contributed by atoms with van der Waals surface area (Å²) in [6.07, 6.45) is 2.99. The minimum absolute atomic E-state index is 0.819. The Morgan fingerprint density at radius 1 is 1.55 bits per heavy atom. The maximum atomic E-state index is 5.03. The largest absolute Gasteiger partial charge is 0.330 e. The summed E-state index contributed by atoms with van der Waals surface area (Å²) in [5.41, 5.74) is 5.03. The molecule has 0 aliphatic heterocycles. The number of thiazole rings is 1. The summed E-state index contributed by atoms with van der Waals surface area (Å²) in [6, 6.07) is 0. The molecule has 0 bridgehead atoms. The predicted molar refractivity (Wildman–Crippen MR) is 50.9 cm³/mol. The molecular formula is C8H16N2S. The Morgan fingerprint density at radius 2 is 2.09 bits per heavy atom. The molecule has 0 saturated carbocycles. The fourth-order valence-corrected chi connectivity index (χ4v) is 1.14. The molecule has 2 N–H and O–H groups in total. The lowest BCUT2D eigenvalue weighted by molar-refractivity contribution is 0.932. The molecule has 0 radical (unpaired) electrons. The van der Waals surface area contributed by atoms with E-state index in [1.54, 1.807) is 11.3 Å². The Hall–Kier alpha value is -0.410. The molecule has 1 rings (SSSR count). The molecule has 0 unspecified atom stereocenters. The van der Waals surface area contributed by atoms with Crippen LogP contribution in [0.4, 0.5) is 0 Å². The van der Waals surface area contributed by atoms with Crippen molar-refractivity contribution < 1.29 is 0 Å². The van der Waals surface area contributed by atoms with Gasteiger partial charge in [0, 0.05) is 11.1 Å². The first-order valence-corrected chi connectivity index (χ1v) is 4.61. The van der Waals surface area contributed by atoms with Gasteiger partial charge in [0.1, 0.15) is 0 Å². The van der Waals surface area contributed by atoms with E-state index in [2.05, 4.69) is 18.8 Å². The van der Waals surface area contributed by atoms with E-state index in [0.717, 1.165) is 18.0 Å². The van der Waals surface area contributed by atoms with Gasteiger partial charge in [0.25, 0.3) is 0 Å². The van der Waals surface area contributed by atoms with Crippen LogP contribution in [0.2, 0.25) is 0 Å². The van der Waals surface area contributed by atoms with Gasteiger partial charge in [-0.1, -0.05) is 6.92 Å². The fraction of sp³-hybridized carbons (Fsp3) is 0.625. The van der Waals surface area contributed by atoms with E-state index in [1.807, 2.05) is 13.1 Å². The second kappa shape index (κ2) is 6.31. The Balaban J connectivity index is 0.000000218. The molecule has 0 saturated heterocycles. The van der Waals surface area contributed by atoms with Gasteiger partial charge in [-0.15, -0.1) is 11.3 Å². The third-order valence-electron chi connectivity index (χ3n) is 1.03. The highest BCUT2D eigenvalue weighted by Gasteiger charge is 1.86. The highest BCUT2D eigenvalue weighted by molar-refractivity contribution is 7.11. The van der Waals surface area contributed by atoms with Gasteiger partial charge in [0.15, 0.2) is 0 Å². The molecule has 0 fully saturated rings. The van der Waals surface area contributed by atoms with Gasteiger partial charge in [-0.05, 0) is 26.8 Å². The standard InChI is InChI=1S/C5H7NS.C3H9N/c1-4-3-6-5(2)7-4;1-2-3-4/h3H,1-2H3;2-4H2,1H3. The first kappa shape index (κ1) is 10.6. The molecule has 0 amide bonds. The zero-order valence-electron chi connectivity index (χ0n) is 7.42. The van der Waals surface area contributed by atoms with Crippen LogP contribution in [0, 0.1) is 13.8 Å². The van der Waals surface area contributed by atoms with Crippen LogP contribution in [-0.4, -0.2) is 11.5 Å². The minimum atomic E-state index is 0.819. The van der Waals surface area contributed by atoms with Crippen LogP contribution in [-0.2, 0) is 0 Å². The summed E-state index contributed by atoms with van der Waals surface area (Å²) < 4.78 is 0. The molecule has 1 aromatic rings. The van der Waals surface area contributed by atoms with E-state index in [9.17, 15) is 0 Å². The van der Waals surface area contributed by atoms with Gasteiger partial charge in [0.2, 0.25) is 0 Å². The highest BCUT2D eigenvalue weighted by atomic mass is 32.1. The molecule has 1 aromatic heterocycles.